The number of fused-ring (bicyclic) bond motifs is 3. The van der Waals surface area contributed by atoms with E-state index in [1.165, 1.54) is 19.3 Å². The summed E-state index contributed by atoms with van der Waals surface area (Å²) in [5.74, 6) is 0. The molecule has 0 aliphatic heterocycles. The molecule has 0 radical (unpaired) electrons. The standard InChI is InChI=1S/C20H21NO2/c1-2-3-4-5-10-21-19-11-15(13-22)6-8-17(19)18-9-7-16(14-23)12-20(18)21/h6-9,11-14H,2-5,10H2,1H3. The molecule has 3 aromatic rings. The zero-order valence-corrected chi connectivity index (χ0v) is 13.4. The van der Waals surface area contributed by atoms with E-state index in [4.69, 9.17) is 0 Å². The van der Waals surface area contributed by atoms with Gasteiger partial charge in [-0.05, 0) is 18.6 Å². The molecule has 118 valence electrons. The highest BCUT2D eigenvalue weighted by Gasteiger charge is 2.11. The fourth-order valence-corrected chi connectivity index (χ4v) is 3.21. The van der Waals surface area contributed by atoms with Crippen LogP contribution in [0.5, 0.6) is 0 Å². The summed E-state index contributed by atoms with van der Waals surface area (Å²) in [5.41, 5.74) is 3.52. The zero-order valence-electron chi connectivity index (χ0n) is 13.4. The fraction of sp³-hybridized carbons (Fsp3) is 0.300. The number of aldehydes is 2. The third-order valence-electron chi connectivity index (χ3n) is 4.42. The lowest BCUT2D eigenvalue weighted by molar-refractivity contribution is 0.111. The summed E-state index contributed by atoms with van der Waals surface area (Å²) in [6.07, 6.45) is 6.50. The van der Waals surface area contributed by atoms with Crippen LogP contribution in [0.2, 0.25) is 0 Å². The summed E-state index contributed by atoms with van der Waals surface area (Å²) in [6, 6.07) is 11.6. The van der Waals surface area contributed by atoms with Crippen LogP contribution in [-0.2, 0) is 6.54 Å². The van der Waals surface area contributed by atoms with Gasteiger partial charge in [0.05, 0.1) is 0 Å². The van der Waals surface area contributed by atoms with Crippen LogP contribution < -0.4 is 0 Å². The second kappa shape index (κ2) is 6.78. The van der Waals surface area contributed by atoms with Crippen molar-refractivity contribution < 1.29 is 9.59 Å². The first-order valence-electron chi connectivity index (χ1n) is 8.25. The van der Waals surface area contributed by atoms with E-state index in [0.29, 0.717) is 11.1 Å². The second-order valence-electron chi connectivity index (χ2n) is 6.00. The van der Waals surface area contributed by atoms with Gasteiger partial charge < -0.3 is 4.57 Å². The Morgan fingerprint density at radius 3 is 1.87 bits per heavy atom. The minimum Gasteiger partial charge on any atom is -0.340 e. The smallest absolute Gasteiger partial charge is 0.150 e. The van der Waals surface area contributed by atoms with E-state index in [9.17, 15) is 9.59 Å². The molecule has 0 bridgehead atoms. The minimum absolute atomic E-state index is 0.686. The van der Waals surface area contributed by atoms with E-state index >= 15 is 0 Å². The zero-order chi connectivity index (χ0) is 16.2. The highest BCUT2D eigenvalue weighted by Crippen LogP contribution is 2.30. The van der Waals surface area contributed by atoms with Crippen molar-refractivity contribution in [3.63, 3.8) is 0 Å². The molecule has 0 amide bonds. The van der Waals surface area contributed by atoms with Gasteiger partial charge in [0.25, 0.3) is 0 Å². The first-order valence-corrected chi connectivity index (χ1v) is 8.25. The fourth-order valence-electron chi connectivity index (χ4n) is 3.21. The number of hydrogen-bond acceptors (Lipinski definition) is 2. The average Bonchev–Trinajstić information content (AvgIpc) is 2.90. The molecule has 0 fully saturated rings. The number of aryl methyl sites for hydroxylation is 1. The van der Waals surface area contributed by atoms with Crippen LogP contribution >= 0.6 is 0 Å². The predicted octanol–water partition coefficient (Wildman–Crippen LogP) is 5.00. The number of carbonyl (C=O) groups is 2. The Kier molecular flexibility index (Phi) is 4.56. The van der Waals surface area contributed by atoms with Crippen LogP contribution in [0.4, 0.5) is 0 Å². The van der Waals surface area contributed by atoms with E-state index in [-0.39, 0.29) is 0 Å². The molecule has 1 aromatic heterocycles. The van der Waals surface area contributed by atoms with Gasteiger partial charge in [-0.25, -0.2) is 0 Å². The molecule has 3 heteroatoms. The van der Waals surface area contributed by atoms with E-state index < -0.39 is 0 Å². The third kappa shape index (κ3) is 2.91. The molecule has 0 aliphatic carbocycles. The highest BCUT2D eigenvalue weighted by molar-refractivity contribution is 6.10. The van der Waals surface area contributed by atoms with Crippen LogP contribution in [0.1, 0.15) is 53.3 Å². The van der Waals surface area contributed by atoms with Crippen LogP contribution in [0.3, 0.4) is 0 Å². The Morgan fingerprint density at radius 2 is 1.39 bits per heavy atom. The lowest BCUT2D eigenvalue weighted by Crippen LogP contribution is -1.98. The Labute approximate surface area is 135 Å². The molecule has 0 spiro atoms. The molecule has 0 saturated carbocycles. The topological polar surface area (TPSA) is 39.1 Å². The van der Waals surface area contributed by atoms with Crippen molar-refractivity contribution >= 4 is 34.4 Å². The van der Waals surface area contributed by atoms with Gasteiger partial charge in [0.1, 0.15) is 12.6 Å². The lowest BCUT2D eigenvalue weighted by Gasteiger charge is -2.08. The van der Waals surface area contributed by atoms with Gasteiger partial charge in [-0.3, -0.25) is 9.59 Å². The van der Waals surface area contributed by atoms with E-state index in [0.717, 1.165) is 47.3 Å². The molecule has 0 unspecified atom stereocenters. The van der Waals surface area contributed by atoms with Gasteiger partial charge in [0.2, 0.25) is 0 Å². The van der Waals surface area contributed by atoms with Gasteiger partial charge in [-0.15, -0.1) is 0 Å². The Bertz CT molecular complexity index is 796. The summed E-state index contributed by atoms with van der Waals surface area (Å²) in [4.78, 5) is 22.2. The lowest BCUT2D eigenvalue weighted by atomic mass is 10.1. The van der Waals surface area contributed by atoms with Crippen molar-refractivity contribution in [2.75, 3.05) is 0 Å². The summed E-state index contributed by atoms with van der Waals surface area (Å²) < 4.78 is 2.25. The first kappa shape index (κ1) is 15.5. The highest BCUT2D eigenvalue weighted by atomic mass is 16.1. The van der Waals surface area contributed by atoms with Crippen LogP contribution in [0.15, 0.2) is 36.4 Å². The normalized spacial score (nSPS) is 11.2. The number of hydrogen-bond donors (Lipinski definition) is 0. The number of carbonyl (C=O) groups excluding carboxylic acids is 2. The number of benzene rings is 2. The van der Waals surface area contributed by atoms with Gasteiger partial charge in [-0.2, -0.15) is 0 Å². The van der Waals surface area contributed by atoms with Crippen molar-refractivity contribution in [1.82, 2.24) is 4.57 Å². The molecule has 1 heterocycles. The van der Waals surface area contributed by atoms with E-state index in [1.54, 1.807) is 0 Å². The number of aromatic nitrogens is 1. The minimum atomic E-state index is 0.686. The van der Waals surface area contributed by atoms with Crippen molar-refractivity contribution in [2.24, 2.45) is 0 Å². The first-order chi connectivity index (χ1) is 11.3. The van der Waals surface area contributed by atoms with Crippen LogP contribution in [0.25, 0.3) is 21.8 Å². The molecule has 3 nitrogen and oxygen atoms in total. The average molecular weight is 307 g/mol. The molecular weight excluding hydrogens is 286 g/mol. The Morgan fingerprint density at radius 1 is 0.826 bits per heavy atom. The molecule has 0 aliphatic rings. The maximum Gasteiger partial charge on any atom is 0.150 e. The molecule has 0 N–H and O–H groups in total. The van der Waals surface area contributed by atoms with Crippen molar-refractivity contribution in [1.29, 1.82) is 0 Å². The van der Waals surface area contributed by atoms with Gasteiger partial charge in [0.15, 0.2) is 0 Å². The largest absolute Gasteiger partial charge is 0.340 e. The van der Waals surface area contributed by atoms with Crippen molar-refractivity contribution in [2.45, 2.75) is 39.2 Å². The summed E-state index contributed by atoms with van der Waals surface area (Å²) in [5, 5.41) is 2.28. The SMILES string of the molecule is CCCCCCn1c2cc(C=O)ccc2c2ccc(C=O)cc21. The number of nitrogens with zero attached hydrogens (tertiary/aromatic N) is 1. The predicted molar refractivity (Wildman–Crippen MR) is 94.4 cm³/mol. The van der Waals surface area contributed by atoms with Crippen molar-refractivity contribution in [3.05, 3.63) is 47.5 Å². The number of unbranched alkanes of at least 4 members (excludes halogenated alkanes) is 3. The van der Waals surface area contributed by atoms with Crippen LogP contribution in [-0.4, -0.2) is 17.1 Å². The molecule has 23 heavy (non-hydrogen) atoms. The van der Waals surface area contributed by atoms with E-state index in [1.807, 2.05) is 36.4 Å². The third-order valence-corrected chi connectivity index (χ3v) is 4.42. The van der Waals surface area contributed by atoms with Gasteiger partial charge in [-0.1, -0.05) is 50.5 Å². The maximum atomic E-state index is 11.1. The number of rotatable bonds is 7. The Hall–Kier alpha value is -2.42. The molecule has 0 saturated heterocycles. The van der Waals surface area contributed by atoms with Crippen LogP contribution in [0, 0.1) is 0 Å². The van der Waals surface area contributed by atoms with Gasteiger partial charge >= 0.3 is 0 Å². The molecule has 3 rings (SSSR count). The van der Waals surface area contributed by atoms with Gasteiger partial charge in [0, 0.05) is 39.5 Å². The molecule has 0 atom stereocenters. The summed E-state index contributed by atoms with van der Waals surface area (Å²) in [7, 11) is 0. The maximum absolute atomic E-state index is 11.1. The Balaban J connectivity index is 2.16. The molecular formula is C20H21NO2. The van der Waals surface area contributed by atoms with E-state index in [2.05, 4.69) is 11.5 Å². The molecule has 2 aromatic carbocycles. The summed E-state index contributed by atoms with van der Waals surface area (Å²) in [6.45, 7) is 3.11. The second-order valence-corrected chi connectivity index (χ2v) is 6.00. The van der Waals surface area contributed by atoms with Crippen molar-refractivity contribution in [3.8, 4) is 0 Å². The monoisotopic (exact) mass is 307 g/mol. The summed E-state index contributed by atoms with van der Waals surface area (Å²) >= 11 is 0. The quantitative estimate of drug-likeness (QED) is 0.455.